The molecule has 0 bridgehead atoms. The van der Waals surface area contributed by atoms with Crippen LogP contribution in [0.15, 0.2) is 15.9 Å². The van der Waals surface area contributed by atoms with Crippen molar-refractivity contribution in [1.82, 2.24) is 0 Å². The third kappa shape index (κ3) is 1.95. The Hall–Kier alpha value is -1.72. The van der Waals surface area contributed by atoms with Crippen LogP contribution >= 0.6 is 11.3 Å². The second kappa shape index (κ2) is 4.42. The number of carbonyl (C=O) groups is 1. The number of rotatable bonds is 3. The van der Waals surface area contributed by atoms with Crippen molar-refractivity contribution in [2.45, 2.75) is 6.42 Å². The Kier molecular flexibility index (Phi) is 2.98. The number of hydrogen-bond donors (Lipinski definition) is 1. The lowest BCUT2D eigenvalue weighted by molar-refractivity contribution is -0.117. The van der Waals surface area contributed by atoms with Crippen molar-refractivity contribution in [1.29, 1.82) is 0 Å². The number of nitrogen functional groups attached to an aromatic ring is 1. The molecule has 0 aromatic carbocycles. The molecule has 1 saturated heterocycles. The molecule has 1 aromatic heterocycles. The zero-order valence-corrected chi connectivity index (χ0v) is 9.35. The van der Waals surface area contributed by atoms with Crippen LogP contribution < -0.4 is 10.6 Å². The lowest BCUT2D eigenvalue weighted by Crippen LogP contribution is -2.25. The van der Waals surface area contributed by atoms with Crippen LogP contribution in [0, 0.1) is 5.92 Å². The first kappa shape index (κ1) is 10.8. The molecule has 84 valence electrons. The molecule has 2 N–H and O–H groups in total. The van der Waals surface area contributed by atoms with Crippen molar-refractivity contribution in [2.24, 2.45) is 11.0 Å². The van der Waals surface area contributed by atoms with Gasteiger partial charge in [-0.15, -0.1) is 11.3 Å². The smallest absolute Gasteiger partial charge is 0.227 e. The lowest BCUT2D eigenvalue weighted by Gasteiger charge is -2.15. The minimum Gasteiger partial charge on any atom is -0.396 e. The number of carbonyl (C=O) groups excluding carboxylic acids is 1. The summed E-state index contributed by atoms with van der Waals surface area (Å²) in [7, 11) is 0. The maximum absolute atomic E-state index is 11.7. The first-order chi connectivity index (χ1) is 7.72. The minimum atomic E-state index is 0.0447. The van der Waals surface area contributed by atoms with Crippen LogP contribution in [0.5, 0.6) is 0 Å². The zero-order valence-electron chi connectivity index (χ0n) is 8.54. The number of nitrogens with zero attached hydrogens (tertiary/aromatic N) is 4. The van der Waals surface area contributed by atoms with Gasteiger partial charge in [-0.1, -0.05) is 5.11 Å². The van der Waals surface area contributed by atoms with Crippen molar-refractivity contribution in [3.63, 3.8) is 0 Å². The van der Waals surface area contributed by atoms with Gasteiger partial charge < -0.3 is 10.6 Å². The summed E-state index contributed by atoms with van der Waals surface area (Å²) in [5.74, 6) is 0.144. The van der Waals surface area contributed by atoms with E-state index in [4.69, 9.17) is 11.3 Å². The SMILES string of the molecule is [N-]=[N+]=NCC1CC(=O)N(c2cscc2N)C1. The van der Waals surface area contributed by atoms with E-state index >= 15 is 0 Å². The summed E-state index contributed by atoms with van der Waals surface area (Å²) >= 11 is 1.47. The van der Waals surface area contributed by atoms with E-state index in [1.807, 2.05) is 10.8 Å². The fourth-order valence-electron chi connectivity index (χ4n) is 1.81. The van der Waals surface area contributed by atoms with Gasteiger partial charge in [0.2, 0.25) is 5.91 Å². The molecule has 6 nitrogen and oxygen atoms in total. The van der Waals surface area contributed by atoms with Gasteiger partial charge in [0.05, 0.1) is 11.4 Å². The molecule has 0 radical (unpaired) electrons. The Balaban J connectivity index is 2.11. The van der Waals surface area contributed by atoms with Gasteiger partial charge in [-0.05, 0) is 11.4 Å². The first-order valence-corrected chi connectivity index (χ1v) is 5.79. The number of amides is 1. The molecule has 1 amide bonds. The average Bonchev–Trinajstić information content (AvgIpc) is 2.82. The van der Waals surface area contributed by atoms with Gasteiger partial charge in [-0.3, -0.25) is 4.79 Å². The highest BCUT2D eigenvalue weighted by atomic mass is 32.1. The Morgan fingerprint density at radius 1 is 1.69 bits per heavy atom. The highest BCUT2D eigenvalue weighted by Gasteiger charge is 2.31. The first-order valence-electron chi connectivity index (χ1n) is 4.85. The second-order valence-corrected chi connectivity index (χ2v) is 4.44. The maximum atomic E-state index is 11.7. The molecule has 1 aliphatic heterocycles. The molecule has 0 aliphatic carbocycles. The van der Waals surface area contributed by atoms with Gasteiger partial charge in [0.15, 0.2) is 0 Å². The minimum absolute atomic E-state index is 0.0447. The van der Waals surface area contributed by atoms with E-state index in [2.05, 4.69) is 10.0 Å². The molecule has 0 spiro atoms. The molecule has 1 atom stereocenters. The van der Waals surface area contributed by atoms with Crippen LogP contribution in [-0.2, 0) is 4.79 Å². The molecule has 16 heavy (non-hydrogen) atoms. The van der Waals surface area contributed by atoms with Gasteiger partial charge in [0.1, 0.15) is 0 Å². The van der Waals surface area contributed by atoms with E-state index in [0.29, 0.717) is 25.2 Å². The average molecular weight is 237 g/mol. The topological polar surface area (TPSA) is 95.1 Å². The molecule has 2 rings (SSSR count). The lowest BCUT2D eigenvalue weighted by atomic mass is 10.1. The van der Waals surface area contributed by atoms with Crippen molar-refractivity contribution in [3.8, 4) is 0 Å². The van der Waals surface area contributed by atoms with Crippen LogP contribution in [0.25, 0.3) is 10.4 Å². The molecule has 1 aliphatic rings. The van der Waals surface area contributed by atoms with Gasteiger partial charge >= 0.3 is 0 Å². The zero-order chi connectivity index (χ0) is 11.5. The van der Waals surface area contributed by atoms with Crippen molar-refractivity contribution in [3.05, 3.63) is 21.2 Å². The predicted molar refractivity (Wildman–Crippen MR) is 63.2 cm³/mol. The molecule has 2 heterocycles. The number of azide groups is 1. The van der Waals surface area contributed by atoms with Crippen LogP contribution in [0.3, 0.4) is 0 Å². The molecule has 1 aromatic rings. The van der Waals surface area contributed by atoms with Crippen LogP contribution in [0.4, 0.5) is 11.4 Å². The Bertz CT molecular complexity index is 451. The monoisotopic (exact) mass is 237 g/mol. The summed E-state index contributed by atoms with van der Waals surface area (Å²) < 4.78 is 0. The van der Waals surface area contributed by atoms with Gasteiger partial charge in [0.25, 0.3) is 0 Å². The Morgan fingerprint density at radius 3 is 3.12 bits per heavy atom. The standard InChI is InChI=1S/C9H11N5OS/c10-7-4-16-5-8(7)14-3-6(1-9(14)15)2-12-13-11/h4-6H,1-3,10H2. The summed E-state index contributed by atoms with van der Waals surface area (Å²) in [6.07, 6.45) is 0.425. The highest BCUT2D eigenvalue weighted by molar-refractivity contribution is 7.09. The fraction of sp³-hybridized carbons (Fsp3) is 0.444. The van der Waals surface area contributed by atoms with E-state index in [1.165, 1.54) is 11.3 Å². The summed E-state index contributed by atoms with van der Waals surface area (Å²) in [5, 5.41) is 7.17. The Labute approximate surface area is 96.3 Å². The molecular formula is C9H11N5OS. The fourth-order valence-corrected chi connectivity index (χ4v) is 2.54. The van der Waals surface area contributed by atoms with E-state index in [9.17, 15) is 4.79 Å². The second-order valence-electron chi connectivity index (χ2n) is 3.70. The molecular weight excluding hydrogens is 226 g/mol. The molecule has 7 heteroatoms. The third-order valence-electron chi connectivity index (χ3n) is 2.57. The Morgan fingerprint density at radius 2 is 2.50 bits per heavy atom. The van der Waals surface area contributed by atoms with E-state index in [0.717, 1.165) is 5.69 Å². The summed E-state index contributed by atoms with van der Waals surface area (Å²) in [6, 6.07) is 0. The van der Waals surface area contributed by atoms with E-state index in [-0.39, 0.29) is 11.8 Å². The summed E-state index contributed by atoms with van der Waals surface area (Å²) in [4.78, 5) is 16.1. The number of anilines is 2. The third-order valence-corrected chi connectivity index (χ3v) is 3.32. The number of thiophene rings is 1. The van der Waals surface area contributed by atoms with Crippen LogP contribution in [0.1, 0.15) is 6.42 Å². The van der Waals surface area contributed by atoms with Crippen LogP contribution in [0.2, 0.25) is 0 Å². The van der Waals surface area contributed by atoms with Crippen LogP contribution in [-0.4, -0.2) is 19.0 Å². The van der Waals surface area contributed by atoms with Crippen molar-refractivity contribution >= 4 is 28.6 Å². The number of hydrogen-bond acceptors (Lipinski definition) is 4. The quantitative estimate of drug-likeness (QED) is 0.494. The van der Waals surface area contributed by atoms with E-state index in [1.54, 1.807) is 4.90 Å². The summed E-state index contributed by atoms with van der Waals surface area (Å²) in [5.41, 5.74) is 15.4. The van der Waals surface area contributed by atoms with Gasteiger partial charge in [-0.2, -0.15) is 0 Å². The largest absolute Gasteiger partial charge is 0.396 e. The normalized spacial score (nSPS) is 19.9. The molecule has 1 fully saturated rings. The summed E-state index contributed by atoms with van der Waals surface area (Å²) in [6.45, 7) is 0.946. The van der Waals surface area contributed by atoms with E-state index < -0.39 is 0 Å². The highest BCUT2D eigenvalue weighted by Crippen LogP contribution is 2.32. The number of nitrogens with two attached hydrogens (primary N) is 1. The van der Waals surface area contributed by atoms with Gasteiger partial charge in [-0.25, -0.2) is 0 Å². The molecule has 1 unspecified atom stereocenters. The maximum Gasteiger partial charge on any atom is 0.227 e. The van der Waals surface area contributed by atoms with Gasteiger partial charge in [0, 0.05) is 35.2 Å². The predicted octanol–water partition coefficient (Wildman–Crippen LogP) is 1.99. The van der Waals surface area contributed by atoms with Crippen molar-refractivity contribution in [2.75, 3.05) is 23.7 Å². The van der Waals surface area contributed by atoms with Crippen molar-refractivity contribution < 1.29 is 4.79 Å². The molecule has 0 saturated carbocycles.